The fourth-order valence-corrected chi connectivity index (χ4v) is 2.60. The molecule has 1 atom stereocenters. The highest BCUT2D eigenvalue weighted by molar-refractivity contribution is 7.80. The number of nitrogens with one attached hydrogen (secondary N) is 1. The highest BCUT2D eigenvalue weighted by Gasteiger charge is 2.32. The van der Waals surface area contributed by atoms with Crippen molar-refractivity contribution in [1.29, 1.82) is 0 Å². The number of hydrogen-bond acceptors (Lipinski definition) is 4. The van der Waals surface area contributed by atoms with E-state index in [1.54, 1.807) is 6.08 Å². The van der Waals surface area contributed by atoms with Crippen molar-refractivity contribution in [2.45, 2.75) is 40.0 Å². The maximum Gasteiger partial charge on any atom is 0.265 e. The van der Waals surface area contributed by atoms with Crippen molar-refractivity contribution < 1.29 is 14.3 Å². The molecule has 0 aromatic carbocycles. The third-order valence-corrected chi connectivity index (χ3v) is 4.19. The van der Waals surface area contributed by atoms with Crippen molar-refractivity contribution in [1.82, 2.24) is 10.2 Å². The molecule has 1 N–H and O–H groups in total. The summed E-state index contributed by atoms with van der Waals surface area (Å²) in [5.41, 5.74) is 1.41. The second-order valence-corrected chi connectivity index (χ2v) is 6.80. The van der Waals surface area contributed by atoms with E-state index in [4.69, 9.17) is 17.0 Å². The first kappa shape index (κ1) is 21.3. The Morgan fingerprint density at radius 2 is 2.08 bits per heavy atom. The van der Waals surface area contributed by atoms with Crippen LogP contribution in [-0.4, -0.2) is 41.6 Å². The molecule has 1 heterocycles. The number of nitrogens with zero attached hydrogens (tertiary/aromatic N) is 1. The van der Waals surface area contributed by atoms with Crippen LogP contribution >= 0.6 is 12.2 Å². The van der Waals surface area contributed by atoms with Gasteiger partial charge in [-0.2, -0.15) is 0 Å². The van der Waals surface area contributed by atoms with Gasteiger partial charge in [0.05, 0.1) is 6.61 Å². The summed E-state index contributed by atoms with van der Waals surface area (Å²) in [6.07, 6.45) is 8.49. The summed E-state index contributed by atoms with van der Waals surface area (Å²) >= 11 is 5.00. The van der Waals surface area contributed by atoms with E-state index in [1.165, 1.54) is 16.5 Å². The topological polar surface area (TPSA) is 58.6 Å². The molecule has 1 fully saturated rings. The Hall–Kier alpha value is -1.79. The summed E-state index contributed by atoms with van der Waals surface area (Å²) in [5.74, 6) is -0.315. The zero-order valence-electron chi connectivity index (χ0n) is 15.3. The molecule has 2 amide bonds. The third-order valence-electron chi connectivity index (χ3n) is 3.87. The van der Waals surface area contributed by atoms with E-state index < -0.39 is 11.8 Å². The standard InChI is InChI=1S/C19H28N2O3S/c1-5-11-21-18(23)16(17(22)20-19(21)25)10-13-24-12-9-15(4)8-6-7-14(2)3/h5,7,10,15H,1,6,8-9,11-13H2,2-4H3,(H,20,22,25)/b16-10+. The first-order valence-corrected chi connectivity index (χ1v) is 8.97. The molecule has 5 nitrogen and oxygen atoms in total. The Balaban J connectivity index is 2.40. The van der Waals surface area contributed by atoms with Gasteiger partial charge in [0.1, 0.15) is 5.57 Å². The van der Waals surface area contributed by atoms with Gasteiger partial charge in [0.25, 0.3) is 11.8 Å². The van der Waals surface area contributed by atoms with E-state index in [9.17, 15) is 9.59 Å². The molecule has 0 saturated carbocycles. The fourth-order valence-electron chi connectivity index (χ4n) is 2.35. The van der Waals surface area contributed by atoms with E-state index in [2.05, 4.69) is 38.7 Å². The highest BCUT2D eigenvalue weighted by Crippen LogP contribution is 2.13. The van der Waals surface area contributed by atoms with E-state index in [-0.39, 0.29) is 23.8 Å². The lowest BCUT2D eigenvalue weighted by Gasteiger charge is -2.27. The number of ether oxygens (including phenoxy) is 1. The Morgan fingerprint density at radius 3 is 2.72 bits per heavy atom. The van der Waals surface area contributed by atoms with Gasteiger partial charge in [-0.15, -0.1) is 6.58 Å². The fraction of sp³-hybridized carbons (Fsp3) is 0.526. The number of allylic oxidation sites excluding steroid dienone is 2. The molecule has 0 aromatic heterocycles. The molecule has 25 heavy (non-hydrogen) atoms. The first-order valence-electron chi connectivity index (χ1n) is 8.56. The van der Waals surface area contributed by atoms with Crippen LogP contribution in [0, 0.1) is 5.92 Å². The quantitative estimate of drug-likeness (QED) is 0.213. The third kappa shape index (κ3) is 7.32. The molecule has 1 aliphatic rings. The molecule has 138 valence electrons. The average Bonchev–Trinajstić information content (AvgIpc) is 2.53. The van der Waals surface area contributed by atoms with Crippen molar-refractivity contribution in [2.75, 3.05) is 19.8 Å². The van der Waals surface area contributed by atoms with Crippen LogP contribution < -0.4 is 5.32 Å². The zero-order valence-corrected chi connectivity index (χ0v) is 16.2. The van der Waals surface area contributed by atoms with Crippen LogP contribution in [0.25, 0.3) is 0 Å². The maximum atomic E-state index is 12.3. The minimum absolute atomic E-state index is 0.0621. The summed E-state index contributed by atoms with van der Waals surface area (Å²) in [7, 11) is 0. The lowest BCUT2D eigenvalue weighted by Crippen LogP contribution is -2.54. The zero-order chi connectivity index (χ0) is 18.8. The maximum absolute atomic E-state index is 12.3. The Morgan fingerprint density at radius 1 is 1.36 bits per heavy atom. The van der Waals surface area contributed by atoms with E-state index in [1.807, 2.05) is 0 Å². The number of carbonyl (C=O) groups is 2. The Labute approximate surface area is 155 Å². The molecule has 0 radical (unpaired) electrons. The SMILES string of the molecule is C=CCN1C(=O)/C(=C/COCCC(C)CCC=C(C)C)C(=O)NC1=S. The molecule has 6 heteroatoms. The summed E-state index contributed by atoms with van der Waals surface area (Å²) in [4.78, 5) is 25.5. The molecule has 1 saturated heterocycles. The van der Waals surface area contributed by atoms with Crippen LogP contribution in [-0.2, 0) is 14.3 Å². The summed E-state index contributed by atoms with van der Waals surface area (Å²) in [6.45, 7) is 11.1. The second-order valence-electron chi connectivity index (χ2n) is 6.41. The minimum atomic E-state index is -0.478. The Kier molecular flexibility index (Phi) is 9.31. The van der Waals surface area contributed by atoms with Crippen molar-refractivity contribution in [3.63, 3.8) is 0 Å². The summed E-state index contributed by atoms with van der Waals surface area (Å²) in [5, 5.41) is 2.62. The van der Waals surface area contributed by atoms with Crippen molar-refractivity contribution in [3.8, 4) is 0 Å². The van der Waals surface area contributed by atoms with Gasteiger partial charge in [0, 0.05) is 13.2 Å². The number of rotatable bonds is 10. The molecular weight excluding hydrogens is 336 g/mol. The van der Waals surface area contributed by atoms with Gasteiger partial charge in [0.15, 0.2) is 5.11 Å². The van der Waals surface area contributed by atoms with Gasteiger partial charge in [-0.3, -0.25) is 19.8 Å². The number of thiocarbonyl (C=S) groups is 1. The number of hydrogen-bond donors (Lipinski definition) is 1. The number of carbonyl (C=O) groups excluding carboxylic acids is 2. The lowest BCUT2D eigenvalue weighted by molar-refractivity contribution is -0.128. The van der Waals surface area contributed by atoms with Crippen LogP contribution in [0.5, 0.6) is 0 Å². The van der Waals surface area contributed by atoms with Gasteiger partial charge in [0.2, 0.25) is 0 Å². The van der Waals surface area contributed by atoms with Gasteiger partial charge in [-0.1, -0.05) is 24.6 Å². The van der Waals surface area contributed by atoms with Crippen LogP contribution in [0.2, 0.25) is 0 Å². The molecule has 1 unspecified atom stereocenters. The smallest absolute Gasteiger partial charge is 0.265 e. The first-order chi connectivity index (χ1) is 11.9. The summed E-state index contributed by atoms with van der Waals surface area (Å²) < 4.78 is 5.56. The van der Waals surface area contributed by atoms with Gasteiger partial charge < -0.3 is 4.74 Å². The number of amides is 2. The normalized spacial score (nSPS) is 17.5. The molecule has 0 bridgehead atoms. The highest BCUT2D eigenvalue weighted by atomic mass is 32.1. The van der Waals surface area contributed by atoms with Crippen LogP contribution in [0.4, 0.5) is 0 Å². The molecule has 0 spiro atoms. The monoisotopic (exact) mass is 364 g/mol. The van der Waals surface area contributed by atoms with Crippen LogP contribution in [0.1, 0.15) is 40.0 Å². The van der Waals surface area contributed by atoms with Crippen molar-refractivity contribution in [2.24, 2.45) is 5.92 Å². The van der Waals surface area contributed by atoms with Gasteiger partial charge in [-0.05, 0) is 57.3 Å². The van der Waals surface area contributed by atoms with E-state index in [0.717, 1.165) is 19.3 Å². The van der Waals surface area contributed by atoms with Crippen molar-refractivity contribution >= 4 is 29.1 Å². The molecule has 1 rings (SSSR count). The molecule has 0 aliphatic carbocycles. The second kappa shape index (κ2) is 10.9. The van der Waals surface area contributed by atoms with Gasteiger partial charge >= 0.3 is 0 Å². The lowest BCUT2D eigenvalue weighted by atomic mass is 10.0. The Bertz CT molecular complexity index is 577. The molecular formula is C19H28N2O3S. The minimum Gasteiger partial charge on any atom is -0.377 e. The molecule has 0 aromatic rings. The van der Waals surface area contributed by atoms with Crippen LogP contribution in [0.3, 0.4) is 0 Å². The summed E-state index contributed by atoms with van der Waals surface area (Å²) in [6, 6.07) is 0. The van der Waals surface area contributed by atoms with E-state index >= 15 is 0 Å². The molecule has 1 aliphatic heterocycles. The van der Waals surface area contributed by atoms with E-state index in [0.29, 0.717) is 12.5 Å². The van der Waals surface area contributed by atoms with Gasteiger partial charge in [-0.25, -0.2) is 0 Å². The van der Waals surface area contributed by atoms with Crippen molar-refractivity contribution in [3.05, 3.63) is 36.0 Å². The average molecular weight is 365 g/mol. The largest absolute Gasteiger partial charge is 0.377 e. The van der Waals surface area contributed by atoms with Crippen LogP contribution in [0.15, 0.2) is 36.0 Å². The predicted octanol–water partition coefficient (Wildman–Crippen LogP) is 3.13. The predicted molar refractivity (Wildman–Crippen MR) is 104 cm³/mol.